The molecule has 1 aliphatic heterocycles. The van der Waals surface area contributed by atoms with Crippen molar-refractivity contribution in [2.24, 2.45) is 0 Å². The summed E-state index contributed by atoms with van der Waals surface area (Å²) in [6, 6.07) is 5.80. The molecule has 0 amide bonds. The van der Waals surface area contributed by atoms with Gasteiger partial charge < -0.3 is 20.1 Å². The fraction of sp³-hybridized carbons (Fsp3) is 0.458. The summed E-state index contributed by atoms with van der Waals surface area (Å²) in [6.45, 7) is 10.2. The zero-order chi connectivity index (χ0) is 23.6. The van der Waals surface area contributed by atoms with Crippen LogP contribution in [0.1, 0.15) is 30.1 Å². The van der Waals surface area contributed by atoms with Gasteiger partial charge in [0, 0.05) is 43.4 Å². The Morgan fingerprint density at radius 1 is 1.33 bits per heavy atom. The standard InChI is InChI=1S/C24H31N5O3S/c1-6-29-21(18-9-8-17(31-5)12-15(18)3)27-16(4)20(22(29)30)28-24(23-26-10-11-33-23)14-25-13-19(24)32-7-2/h8-12,19,25,28H,6-7,13-14H2,1-5H3/t19-,24+/m0/s1. The minimum absolute atomic E-state index is 0.103. The van der Waals surface area contributed by atoms with E-state index < -0.39 is 5.54 Å². The topological polar surface area (TPSA) is 90.3 Å². The van der Waals surface area contributed by atoms with Crippen molar-refractivity contribution >= 4 is 17.0 Å². The van der Waals surface area contributed by atoms with Crippen LogP contribution in [0.15, 0.2) is 34.6 Å². The van der Waals surface area contributed by atoms with Crippen LogP contribution in [-0.2, 0) is 16.8 Å². The summed E-state index contributed by atoms with van der Waals surface area (Å²) in [6.07, 6.45) is 1.63. The summed E-state index contributed by atoms with van der Waals surface area (Å²) in [7, 11) is 1.64. The fourth-order valence-corrected chi connectivity index (χ4v) is 5.30. The molecule has 33 heavy (non-hydrogen) atoms. The van der Waals surface area contributed by atoms with Gasteiger partial charge in [0.1, 0.15) is 33.9 Å². The lowest BCUT2D eigenvalue weighted by molar-refractivity contribution is 0.0396. The van der Waals surface area contributed by atoms with Gasteiger partial charge in [-0.2, -0.15) is 0 Å². The number of methoxy groups -OCH3 is 1. The van der Waals surface area contributed by atoms with E-state index in [1.807, 2.05) is 51.3 Å². The number of hydrogen-bond acceptors (Lipinski definition) is 8. The first-order chi connectivity index (χ1) is 15.9. The summed E-state index contributed by atoms with van der Waals surface area (Å²) >= 11 is 1.56. The van der Waals surface area contributed by atoms with E-state index in [0.29, 0.717) is 43.4 Å². The van der Waals surface area contributed by atoms with E-state index >= 15 is 0 Å². The normalized spacial score (nSPS) is 20.2. The highest BCUT2D eigenvalue weighted by Crippen LogP contribution is 2.36. The molecule has 4 rings (SSSR count). The molecule has 0 aliphatic carbocycles. The third kappa shape index (κ3) is 4.16. The SMILES string of the molecule is CCO[C@H]1CNC[C@]1(Nc1c(C)nc(-c2ccc(OC)cc2C)n(CC)c1=O)c1nccs1. The van der Waals surface area contributed by atoms with Crippen molar-refractivity contribution in [2.45, 2.75) is 45.9 Å². The summed E-state index contributed by atoms with van der Waals surface area (Å²) in [5.74, 6) is 1.43. The van der Waals surface area contributed by atoms with Crippen LogP contribution in [0.25, 0.3) is 11.4 Å². The Kier molecular flexibility index (Phi) is 6.83. The van der Waals surface area contributed by atoms with Gasteiger partial charge in [0.25, 0.3) is 5.56 Å². The quantitative estimate of drug-likeness (QED) is 0.523. The molecular weight excluding hydrogens is 438 g/mol. The molecule has 8 nitrogen and oxygen atoms in total. The molecule has 0 saturated carbocycles. The number of anilines is 1. The molecule has 1 aromatic carbocycles. The number of rotatable bonds is 8. The fourth-order valence-electron chi connectivity index (χ4n) is 4.47. The van der Waals surface area contributed by atoms with Crippen LogP contribution < -0.4 is 20.9 Å². The zero-order valence-electron chi connectivity index (χ0n) is 19.8. The van der Waals surface area contributed by atoms with Gasteiger partial charge in [-0.1, -0.05) is 0 Å². The molecule has 0 unspecified atom stereocenters. The molecule has 3 heterocycles. The largest absolute Gasteiger partial charge is 0.497 e. The van der Waals surface area contributed by atoms with Crippen LogP contribution in [0.5, 0.6) is 5.75 Å². The van der Waals surface area contributed by atoms with E-state index in [1.54, 1.807) is 29.2 Å². The third-order valence-electron chi connectivity index (χ3n) is 6.15. The molecule has 0 radical (unpaired) electrons. The number of aryl methyl sites for hydroxylation is 2. The first-order valence-electron chi connectivity index (χ1n) is 11.2. The molecule has 3 aromatic rings. The van der Waals surface area contributed by atoms with Crippen LogP contribution in [0, 0.1) is 13.8 Å². The van der Waals surface area contributed by atoms with Crippen LogP contribution in [-0.4, -0.2) is 47.4 Å². The minimum Gasteiger partial charge on any atom is -0.497 e. The van der Waals surface area contributed by atoms with E-state index in [0.717, 1.165) is 21.9 Å². The lowest BCUT2D eigenvalue weighted by atomic mass is 9.95. The predicted octanol–water partition coefficient (Wildman–Crippen LogP) is 3.33. The summed E-state index contributed by atoms with van der Waals surface area (Å²) in [4.78, 5) is 23.3. The number of ether oxygens (including phenoxy) is 2. The number of nitrogens with one attached hydrogen (secondary N) is 2. The predicted molar refractivity (Wildman–Crippen MR) is 131 cm³/mol. The number of nitrogens with zero attached hydrogens (tertiary/aromatic N) is 3. The smallest absolute Gasteiger partial charge is 0.277 e. The van der Waals surface area contributed by atoms with Crippen LogP contribution in [0.3, 0.4) is 0 Å². The van der Waals surface area contributed by atoms with Crippen molar-refractivity contribution < 1.29 is 9.47 Å². The Balaban J connectivity index is 1.83. The maximum atomic E-state index is 13.8. The van der Waals surface area contributed by atoms with E-state index in [-0.39, 0.29) is 11.7 Å². The number of benzene rings is 1. The Bertz CT molecular complexity index is 1180. The molecule has 0 spiro atoms. The van der Waals surface area contributed by atoms with Gasteiger partial charge >= 0.3 is 0 Å². The van der Waals surface area contributed by atoms with Gasteiger partial charge in [-0.25, -0.2) is 9.97 Å². The summed E-state index contributed by atoms with van der Waals surface area (Å²) < 4.78 is 13.1. The Labute approximate surface area is 198 Å². The van der Waals surface area contributed by atoms with Gasteiger partial charge in [0.05, 0.1) is 12.8 Å². The summed E-state index contributed by atoms with van der Waals surface area (Å²) in [5, 5.41) is 9.82. The van der Waals surface area contributed by atoms with Crippen molar-refractivity contribution in [2.75, 3.05) is 32.1 Å². The third-order valence-corrected chi connectivity index (χ3v) is 7.10. The lowest BCUT2D eigenvalue weighted by Crippen LogP contribution is -2.49. The molecule has 0 bridgehead atoms. The average Bonchev–Trinajstić information content (AvgIpc) is 3.48. The molecule has 2 N–H and O–H groups in total. The van der Waals surface area contributed by atoms with Crippen molar-refractivity contribution in [1.82, 2.24) is 19.9 Å². The highest BCUT2D eigenvalue weighted by molar-refractivity contribution is 7.09. The molecule has 2 atom stereocenters. The van der Waals surface area contributed by atoms with Gasteiger partial charge in [-0.05, 0) is 51.5 Å². The second kappa shape index (κ2) is 9.62. The Morgan fingerprint density at radius 3 is 2.79 bits per heavy atom. The van der Waals surface area contributed by atoms with E-state index in [1.165, 1.54) is 0 Å². The molecule has 1 aliphatic rings. The van der Waals surface area contributed by atoms with Crippen LogP contribution in [0.4, 0.5) is 5.69 Å². The van der Waals surface area contributed by atoms with Crippen molar-refractivity contribution in [3.8, 4) is 17.1 Å². The lowest BCUT2D eigenvalue weighted by Gasteiger charge is -2.34. The Morgan fingerprint density at radius 2 is 2.15 bits per heavy atom. The number of hydrogen-bond donors (Lipinski definition) is 2. The second-order valence-corrected chi connectivity index (χ2v) is 9.03. The Hall–Kier alpha value is -2.75. The van der Waals surface area contributed by atoms with Gasteiger partial charge in [0.15, 0.2) is 0 Å². The maximum Gasteiger partial charge on any atom is 0.277 e. The van der Waals surface area contributed by atoms with Crippen molar-refractivity contribution in [3.05, 3.63) is 56.4 Å². The number of thiazole rings is 1. The van der Waals surface area contributed by atoms with E-state index in [4.69, 9.17) is 14.5 Å². The maximum absolute atomic E-state index is 13.8. The number of aromatic nitrogens is 3. The highest BCUT2D eigenvalue weighted by Gasteiger charge is 2.48. The van der Waals surface area contributed by atoms with Crippen molar-refractivity contribution in [1.29, 1.82) is 0 Å². The first-order valence-corrected chi connectivity index (χ1v) is 12.1. The first kappa shape index (κ1) is 23.4. The minimum atomic E-state index is -0.640. The molecule has 9 heteroatoms. The van der Waals surface area contributed by atoms with Gasteiger partial charge in [-0.15, -0.1) is 11.3 Å². The van der Waals surface area contributed by atoms with Crippen molar-refractivity contribution in [3.63, 3.8) is 0 Å². The summed E-state index contributed by atoms with van der Waals surface area (Å²) in [5.41, 5.74) is 2.29. The van der Waals surface area contributed by atoms with Gasteiger partial charge in [0.2, 0.25) is 0 Å². The van der Waals surface area contributed by atoms with Gasteiger partial charge in [-0.3, -0.25) is 9.36 Å². The monoisotopic (exact) mass is 469 g/mol. The molecule has 176 valence electrons. The van der Waals surface area contributed by atoms with E-state index in [9.17, 15) is 4.79 Å². The molecule has 2 aromatic heterocycles. The van der Waals surface area contributed by atoms with E-state index in [2.05, 4.69) is 15.6 Å². The average molecular weight is 470 g/mol. The second-order valence-electron chi connectivity index (χ2n) is 8.13. The molecular formula is C24H31N5O3S. The highest BCUT2D eigenvalue weighted by atomic mass is 32.1. The zero-order valence-corrected chi connectivity index (χ0v) is 20.6. The molecule has 1 saturated heterocycles. The molecule has 1 fully saturated rings. The van der Waals surface area contributed by atoms with Crippen LogP contribution in [0.2, 0.25) is 0 Å². The van der Waals surface area contributed by atoms with Crippen LogP contribution >= 0.6 is 11.3 Å².